The predicted molar refractivity (Wildman–Crippen MR) is 149 cm³/mol. The van der Waals surface area contributed by atoms with Gasteiger partial charge in [-0.25, -0.2) is 9.69 Å². The van der Waals surface area contributed by atoms with E-state index in [9.17, 15) is 14.4 Å². The molecule has 0 spiro atoms. The van der Waals surface area contributed by atoms with Crippen molar-refractivity contribution in [3.05, 3.63) is 95.2 Å². The lowest BCUT2D eigenvalue weighted by molar-refractivity contribution is -0.125. The van der Waals surface area contributed by atoms with Crippen molar-refractivity contribution in [1.29, 1.82) is 0 Å². The highest BCUT2D eigenvalue weighted by Crippen LogP contribution is 2.46. The number of amides is 4. The number of para-hydroxylation sites is 1. The third-order valence-electron chi connectivity index (χ3n) is 7.93. The Labute approximate surface area is 226 Å². The average molecular weight is 523 g/mol. The van der Waals surface area contributed by atoms with Crippen LogP contribution in [0.5, 0.6) is 5.75 Å². The van der Waals surface area contributed by atoms with Crippen molar-refractivity contribution in [2.24, 2.45) is 0 Å². The maximum absolute atomic E-state index is 14.1. The van der Waals surface area contributed by atoms with Crippen molar-refractivity contribution in [3.8, 4) is 5.75 Å². The van der Waals surface area contributed by atoms with Gasteiger partial charge in [-0.1, -0.05) is 42.5 Å². The minimum atomic E-state index is -1.21. The number of nitrogens with zero attached hydrogens (tertiary/aromatic N) is 2. The quantitative estimate of drug-likeness (QED) is 0.270. The molecule has 0 bridgehead atoms. The number of aryl methyl sites for hydroxylation is 1. The zero-order valence-corrected chi connectivity index (χ0v) is 22.0. The number of carbonyl (C=O) groups is 3. The maximum Gasteiger partial charge on any atom is 0.332 e. The lowest BCUT2D eigenvalue weighted by Crippen LogP contribution is -2.49. The summed E-state index contributed by atoms with van der Waals surface area (Å²) in [7, 11) is 1.62. The molecule has 3 heterocycles. The van der Waals surface area contributed by atoms with Crippen molar-refractivity contribution >= 4 is 34.4 Å². The Kier molecular flexibility index (Phi) is 6.10. The van der Waals surface area contributed by atoms with Crippen molar-refractivity contribution < 1.29 is 19.1 Å². The first-order valence-electron chi connectivity index (χ1n) is 13.2. The third-order valence-corrected chi connectivity index (χ3v) is 7.93. The normalized spacial score (nSPS) is 18.3. The van der Waals surface area contributed by atoms with Crippen LogP contribution in [-0.2, 0) is 23.2 Å². The van der Waals surface area contributed by atoms with E-state index in [-0.39, 0.29) is 11.8 Å². The number of hydrogen-bond acceptors (Lipinski definition) is 4. The molecule has 198 valence electrons. The van der Waals surface area contributed by atoms with Crippen LogP contribution in [0.2, 0.25) is 0 Å². The van der Waals surface area contributed by atoms with Crippen LogP contribution < -0.4 is 15.0 Å². The number of methoxy groups -OCH3 is 1. The van der Waals surface area contributed by atoms with Crippen LogP contribution in [0.4, 0.5) is 10.5 Å². The largest absolute Gasteiger partial charge is 0.497 e. The lowest BCUT2D eigenvalue weighted by Gasteiger charge is -2.35. The summed E-state index contributed by atoms with van der Waals surface area (Å²) < 4.78 is 5.41. The van der Waals surface area contributed by atoms with Crippen molar-refractivity contribution in [2.45, 2.75) is 31.7 Å². The second-order valence-electron chi connectivity index (χ2n) is 10.1. The Hall–Kier alpha value is -4.59. The van der Waals surface area contributed by atoms with Gasteiger partial charge in [-0.2, -0.15) is 0 Å². The van der Waals surface area contributed by atoms with E-state index in [1.807, 2.05) is 36.4 Å². The standard InChI is InChI=1S/C31H30N4O4/c1-31-27-22(24-19-21(39-2)14-15-25(24)33-27)16-18-34(31)30(38)35(29(31)37)26-13-7-6-12-23(26)28(36)32-17-8-11-20-9-4-3-5-10-20/h3-7,9-10,12-15,19,33H,8,11,16-18H2,1-2H3,(H,32,36)/t31-/m0/s1. The summed E-state index contributed by atoms with van der Waals surface area (Å²) in [4.78, 5) is 47.3. The van der Waals surface area contributed by atoms with E-state index in [1.54, 1.807) is 43.2 Å². The zero-order valence-electron chi connectivity index (χ0n) is 22.0. The summed E-state index contributed by atoms with van der Waals surface area (Å²) in [5.74, 6) is 0.0417. The molecule has 1 fully saturated rings. The fraction of sp³-hybridized carbons (Fsp3) is 0.258. The number of anilines is 1. The number of carbonyl (C=O) groups excluding carboxylic acids is 3. The van der Waals surface area contributed by atoms with Crippen LogP contribution in [0.25, 0.3) is 10.9 Å². The van der Waals surface area contributed by atoms with E-state index in [4.69, 9.17) is 4.74 Å². The van der Waals surface area contributed by atoms with Gasteiger partial charge in [-0.05, 0) is 67.6 Å². The number of urea groups is 1. The molecule has 0 unspecified atom stereocenters. The molecule has 1 saturated heterocycles. The number of H-pyrrole nitrogens is 1. The van der Waals surface area contributed by atoms with Gasteiger partial charge in [0.1, 0.15) is 5.75 Å². The summed E-state index contributed by atoms with van der Waals surface area (Å²) in [6.45, 7) is 2.66. The fourth-order valence-electron chi connectivity index (χ4n) is 5.85. The van der Waals surface area contributed by atoms with Crippen LogP contribution in [0.1, 0.15) is 40.5 Å². The molecule has 2 aliphatic heterocycles. The fourth-order valence-corrected chi connectivity index (χ4v) is 5.85. The molecule has 6 rings (SSSR count). The van der Waals surface area contributed by atoms with Gasteiger partial charge in [-0.3, -0.25) is 9.59 Å². The van der Waals surface area contributed by atoms with Crippen LogP contribution in [-0.4, -0.2) is 47.9 Å². The topological polar surface area (TPSA) is 94.7 Å². The van der Waals surface area contributed by atoms with Gasteiger partial charge in [0.25, 0.3) is 11.8 Å². The molecule has 4 aromatic rings. The summed E-state index contributed by atoms with van der Waals surface area (Å²) in [5, 5.41) is 3.94. The minimum absolute atomic E-state index is 0.294. The first-order chi connectivity index (χ1) is 18.9. The number of fused-ring (bicyclic) bond motifs is 5. The smallest absolute Gasteiger partial charge is 0.332 e. The summed E-state index contributed by atoms with van der Waals surface area (Å²) in [6, 6.07) is 22.2. The molecular formula is C31H30N4O4. The summed E-state index contributed by atoms with van der Waals surface area (Å²) >= 11 is 0. The molecule has 0 saturated carbocycles. The van der Waals surface area contributed by atoms with Gasteiger partial charge in [0, 0.05) is 24.0 Å². The Morgan fingerprint density at radius 1 is 1.05 bits per heavy atom. The van der Waals surface area contributed by atoms with Crippen LogP contribution in [0.3, 0.4) is 0 Å². The number of aromatic amines is 1. The minimum Gasteiger partial charge on any atom is -0.497 e. The van der Waals surface area contributed by atoms with E-state index in [1.165, 1.54) is 10.5 Å². The van der Waals surface area contributed by atoms with Crippen molar-refractivity contribution in [2.75, 3.05) is 25.1 Å². The van der Waals surface area contributed by atoms with E-state index in [0.717, 1.165) is 35.1 Å². The molecule has 2 N–H and O–H groups in total. The van der Waals surface area contributed by atoms with Crippen LogP contribution in [0, 0.1) is 0 Å². The second-order valence-corrected chi connectivity index (χ2v) is 10.1. The van der Waals surface area contributed by atoms with E-state index in [2.05, 4.69) is 22.4 Å². The van der Waals surface area contributed by atoms with Crippen molar-refractivity contribution in [1.82, 2.24) is 15.2 Å². The Balaban J connectivity index is 1.28. The molecule has 2 aliphatic rings. The Bertz CT molecular complexity index is 1590. The van der Waals surface area contributed by atoms with Gasteiger partial charge in [0.2, 0.25) is 0 Å². The highest BCUT2D eigenvalue weighted by atomic mass is 16.5. The molecule has 8 nitrogen and oxygen atoms in total. The molecule has 0 radical (unpaired) electrons. The van der Waals surface area contributed by atoms with Crippen LogP contribution in [0.15, 0.2) is 72.8 Å². The molecule has 8 heteroatoms. The van der Waals surface area contributed by atoms with Gasteiger partial charge in [0.15, 0.2) is 5.54 Å². The molecule has 1 atom stereocenters. The Morgan fingerprint density at radius 2 is 1.82 bits per heavy atom. The lowest BCUT2D eigenvalue weighted by atomic mass is 9.87. The molecule has 1 aromatic heterocycles. The molecule has 4 amide bonds. The number of imide groups is 1. The number of aromatic nitrogens is 1. The molecule has 3 aromatic carbocycles. The first-order valence-corrected chi connectivity index (χ1v) is 13.2. The summed E-state index contributed by atoms with van der Waals surface area (Å²) in [6.07, 6.45) is 2.23. The van der Waals surface area contributed by atoms with E-state index < -0.39 is 11.6 Å². The van der Waals surface area contributed by atoms with Crippen LogP contribution >= 0.6 is 0 Å². The highest BCUT2D eigenvalue weighted by molar-refractivity contribution is 6.25. The molecule has 0 aliphatic carbocycles. The first kappa shape index (κ1) is 24.7. The number of benzene rings is 3. The Morgan fingerprint density at radius 3 is 2.62 bits per heavy atom. The van der Waals surface area contributed by atoms with Crippen molar-refractivity contribution in [3.63, 3.8) is 0 Å². The molecule has 39 heavy (non-hydrogen) atoms. The zero-order chi connectivity index (χ0) is 27.1. The average Bonchev–Trinajstić information content (AvgIpc) is 3.43. The highest BCUT2D eigenvalue weighted by Gasteiger charge is 2.59. The monoisotopic (exact) mass is 522 g/mol. The number of ether oxygens (including phenoxy) is 1. The van der Waals surface area contributed by atoms with Gasteiger partial charge in [0.05, 0.1) is 24.1 Å². The predicted octanol–water partition coefficient (Wildman–Crippen LogP) is 4.78. The van der Waals surface area contributed by atoms with Gasteiger partial charge in [-0.15, -0.1) is 0 Å². The van der Waals surface area contributed by atoms with E-state index in [0.29, 0.717) is 36.5 Å². The SMILES string of the molecule is COc1ccc2[nH]c3c(c2c1)CCN1C(=O)N(c2ccccc2C(=O)NCCCc2ccccc2)C(=O)[C@]31C. The number of rotatable bonds is 7. The van der Waals surface area contributed by atoms with E-state index >= 15 is 0 Å². The van der Waals surface area contributed by atoms with Gasteiger partial charge >= 0.3 is 6.03 Å². The number of hydrogen-bond donors (Lipinski definition) is 2. The van der Waals surface area contributed by atoms with Gasteiger partial charge < -0.3 is 19.9 Å². The summed E-state index contributed by atoms with van der Waals surface area (Å²) in [5.41, 5.74) is 3.19. The third kappa shape index (κ3) is 3.94. The molecular weight excluding hydrogens is 492 g/mol. The maximum atomic E-state index is 14.1. The number of nitrogens with one attached hydrogen (secondary N) is 2. The second kappa shape index (κ2) is 9.62.